The first kappa shape index (κ1) is 14.0. The SMILES string of the molecule is CCCCC(C)C(O)CCNc1ccccc1. The van der Waals surface area contributed by atoms with Crippen LogP contribution in [0.2, 0.25) is 0 Å². The topological polar surface area (TPSA) is 32.3 Å². The molecular formula is C15H25NO. The molecule has 2 unspecified atom stereocenters. The lowest BCUT2D eigenvalue weighted by molar-refractivity contribution is 0.105. The Morgan fingerprint density at radius 2 is 1.88 bits per heavy atom. The Balaban J connectivity index is 2.17. The minimum Gasteiger partial charge on any atom is -0.393 e. The quantitative estimate of drug-likeness (QED) is 0.720. The van der Waals surface area contributed by atoms with Crippen molar-refractivity contribution in [3.8, 4) is 0 Å². The smallest absolute Gasteiger partial charge is 0.0582 e. The molecule has 0 amide bonds. The third kappa shape index (κ3) is 5.73. The van der Waals surface area contributed by atoms with Crippen LogP contribution in [-0.2, 0) is 0 Å². The summed E-state index contributed by atoms with van der Waals surface area (Å²) in [5.74, 6) is 0.410. The molecule has 17 heavy (non-hydrogen) atoms. The molecule has 2 atom stereocenters. The number of para-hydroxylation sites is 1. The first-order valence-electron chi connectivity index (χ1n) is 6.71. The number of anilines is 1. The summed E-state index contributed by atoms with van der Waals surface area (Å²) in [5, 5.41) is 13.3. The van der Waals surface area contributed by atoms with Gasteiger partial charge >= 0.3 is 0 Å². The predicted molar refractivity (Wildman–Crippen MR) is 74.2 cm³/mol. The zero-order chi connectivity index (χ0) is 12.5. The highest BCUT2D eigenvalue weighted by molar-refractivity contribution is 5.42. The number of hydrogen-bond donors (Lipinski definition) is 2. The molecule has 0 heterocycles. The number of aliphatic hydroxyl groups is 1. The molecular weight excluding hydrogens is 210 g/mol. The zero-order valence-electron chi connectivity index (χ0n) is 11.0. The van der Waals surface area contributed by atoms with Crippen LogP contribution in [0.25, 0.3) is 0 Å². The van der Waals surface area contributed by atoms with Crippen molar-refractivity contribution in [1.29, 1.82) is 0 Å². The lowest BCUT2D eigenvalue weighted by atomic mass is 9.96. The van der Waals surface area contributed by atoms with Gasteiger partial charge in [-0.15, -0.1) is 0 Å². The first-order chi connectivity index (χ1) is 8.24. The maximum Gasteiger partial charge on any atom is 0.0582 e. The van der Waals surface area contributed by atoms with Crippen LogP contribution in [0.3, 0.4) is 0 Å². The number of aliphatic hydroxyl groups excluding tert-OH is 1. The van der Waals surface area contributed by atoms with E-state index in [-0.39, 0.29) is 6.10 Å². The third-order valence-electron chi connectivity index (χ3n) is 3.21. The zero-order valence-corrected chi connectivity index (χ0v) is 11.0. The summed E-state index contributed by atoms with van der Waals surface area (Å²) in [6.07, 6.45) is 4.18. The molecule has 0 spiro atoms. The number of hydrogen-bond acceptors (Lipinski definition) is 2. The van der Waals surface area contributed by atoms with E-state index in [2.05, 4.69) is 19.2 Å². The molecule has 0 aromatic heterocycles. The predicted octanol–water partition coefficient (Wildman–Crippen LogP) is 3.68. The van der Waals surface area contributed by atoms with Crippen LogP contribution in [0, 0.1) is 5.92 Å². The van der Waals surface area contributed by atoms with Crippen molar-refractivity contribution in [1.82, 2.24) is 0 Å². The van der Waals surface area contributed by atoms with E-state index in [1.54, 1.807) is 0 Å². The van der Waals surface area contributed by atoms with Gasteiger partial charge in [0.25, 0.3) is 0 Å². The Kier molecular flexibility index (Phi) is 6.71. The minimum atomic E-state index is -0.183. The Morgan fingerprint density at radius 1 is 1.18 bits per heavy atom. The van der Waals surface area contributed by atoms with E-state index in [0.717, 1.165) is 25.1 Å². The third-order valence-corrected chi connectivity index (χ3v) is 3.21. The van der Waals surface area contributed by atoms with Gasteiger partial charge in [-0.25, -0.2) is 0 Å². The average molecular weight is 235 g/mol. The molecule has 0 fully saturated rings. The van der Waals surface area contributed by atoms with Crippen LogP contribution in [0.1, 0.15) is 39.5 Å². The molecule has 1 aromatic carbocycles. The fourth-order valence-corrected chi connectivity index (χ4v) is 1.92. The van der Waals surface area contributed by atoms with Crippen molar-refractivity contribution in [2.45, 2.75) is 45.6 Å². The van der Waals surface area contributed by atoms with Gasteiger partial charge in [-0.2, -0.15) is 0 Å². The van der Waals surface area contributed by atoms with E-state index in [1.807, 2.05) is 30.3 Å². The Hall–Kier alpha value is -1.02. The highest BCUT2D eigenvalue weighted by Crippen LogP contribution is 2.15. The van der Waals surface area contributed by atoms with Gasteiger partial charge in [-0.05, 0) is 30.9 Å². The lowest BCUT2D eigenvalue weighted by Crippen LogP contribution is -2.21. The molecule has 96 valence electrons. The van der Waals surface area contributed by atoms with Crippen LogP contribution in [-0.4, -0.2) is 17.8 Å². The highest BCUT2D eigenvalue weighted by Gasteiger charge is 2.12. The Bertz CT molecular complexity index is 286. The average Bonchev–Trinajstić information content (AvgIpc) is 2.37. The van der Waals surface area contributed by atoms with E-state index in [1.165, 1.54) is 12.8 Å². The van der Waals surface area contributed by atoms with Crippen LogP contribution in [0.4, 0.5) is 5.69 Å². The fraction of sp³-hybridized carbons (Fsp3) is 0.600. The molecule has 0 saturated carbocycles. The summed E-state index contributed by atoms with van der Waals surface area (Å²) in [7, 11) is 0. The minimum absolute atomic E-state index is 0.183. The number of unbranched alkanes of at least 4 members (excludes halogenated alkanes) is 1. The van der Waals surface area contributed by atoms with Crippen LogP contribution in [0.5, 0.6) is 0 Å². The molecule has 0 bridgehead atoms. The van der Waals surface area contributed by atoms with Crippen molar-refractivity contribution in [2.24, 2.45) is 5.92 Å². The van der Waals surface area contributed by atoms with Gasteiger partial charge in [-0.1, -0.05) is 44.9 Å². The molecule has 0 radical (unpaired) electrons. The number of benzene rings is 1. The first-order valence-corrected chi connectivity index (χ1v) is 6.71. The molecule has 2 N–H and O–H groups in total. The van der Waals surface area contributed by atoms with Crippen molar-refractivity contribution in [2.75, 3.05) is 11.9 Å². The second-order valence-electron chi connectivity index (χ2n) is 4.77. The summed E-state index contributed by atoms with van der Waals surface area (Å²) in [6.45, 7) is 5.17. The molecule has 0 aliphatic heterocycles. The Labute approximate surface area is 105 Å². The van der Waals surface area contributed by atoms with Crippen LogP contribution < -0.4 is 5.32 Å². The summed E-state index contributed by atoms with van der Waals surface area (Å²) < 4.78 is 0. The van der Waals surface area contributed by atoms with Gasteiger partial charge in [0.1, 0.15) is 0 Å². The lowest BCUT2D eigenvalue weighted by Gasteiger charge is -2.19. The van der Waals surface area contributed by atoms with Crippen molar-refractivity contribution in [3.05, 3.63) is 30.3 Å². The molecule has 0 aliphatic rings. The van der Waals surface area contributed by atoms with Gasteiger partial charge in [0.15, 0.2) is 0 Å². The second-order valence-corrected chi connectivity index (χ2v) is 4.77. The second kappa shape index (κ2) is 8.13. The maximum atomic E-state index is 9.98. The largest absolute Gasteiger partial charge is 0.393 e. The molecule has 2 nitrogen and oxygen atoms in total. The van der Waals surface area contributed by atoms with Crippen molar-refractivity contribution < 1.29 is 5.11 Å². The van der Waals surface area contributed by atoms with Gasteiger partial charge in [0.05, 0.1) is 6.10 Å². The standard InChI is InChI=1S/C15H25NO/c1-3-4-8-13(2)15(17)11-12-16-14-9-6-5-7-10-14/h5-7,9-10,13,15-17H,3-4,8,11-12H2,1-2H3. The van der Waals surface area contributed by atoms with Crippen LogP contribution >= 0.6 is 0 Å². The van der Waals surface area contributed by atoms with E-state index in [9.17, 15) is 5.11 Å². The van der Waals surface area contributed by atoms with Crippen LogP contribution in [0.15, 0.2) is 30.3 Å². The highest BCUT2D eigenvalue weighted by atomic mass is 16.3. The molecule has 0 aliphatic carbocycles. The number of nitrogens with one attached hydrogen (secondary N) is 1. The summed E-state index contributed by atoms with van der Waals surface area (Å²) in [6, 6.07) is 10.1. The molecule has 1 rings (SSSR count). The fourth-order valence-electron chi connectivity index (χ4n) is 1.92. The maximum absolute atomic E-state index is 9.98. The summed E-state index contributed by atoms with van der Waals surface area (Å²) in [5.41, 5.74) is 1.13. The summed E-state index contributed by atoms with van der Waals surface area (Å²) >= 11 is 0. The summed E-state index contributed by atoms with van der Waals surface area (Å²) in [4.78, 5) is 0. The molecule has 0 saturated heterocycles. The van der Waals surface area contributed by atoms with Crippen molar-refractivity contribution >= 4 is 5.69 Å². The Morgan fingerprint density at radius 3 is 2.53 bits per heavy atom. The normalized spacial score (nSPS) is 14.3. The van der Waals surface area contributed by atoms with Crippen molar-refractivity contribution in [3.63, 3.8) is 0 Å². The van der Waals surface area contributed by atoms with Gasteiger partial charge in [-0.3, -0.25) is 0 Å². The van der Waals surface area contributed by atoms with Gasteiger partial charge in [0, 0.05) is 12.2 Å². The van der Waals surface area contributed by atoms with E-state index in [0.29, 0.717) is 5.92 Å². The van der Waals surface area contributed by atoms with Gasteiger partial charge < -0.3 is 10.4 Å². The monoisotopic (exact) mass is 235 g/mol. The van der Waals surface area contributed by atoms with E-state index < -0.39 is 0 Å². The van der Waals surface area contributed by atoms with E-state index in [4.69, 9.17) is 0 Å². The molecule has 1 aromatic rings. The molecule has 2 heteroatoms. The number of rotatable bonds is 8. The van der Waals surface area contributed by atoms with Gasteiger partial charge in [0.2, 0.25) is 0 Å². The van der Waals surface area contributed by atoms with E-state index >= 15 is 0 Å².